The fraction of sp³-hybridized carbons (Fsp3) is 0.0952. The van der Waals surface area contributed by atoms with Crippen LogP contribution < -0.4 is 9.46 Å². The quantitative estimate of drug-likeness (QED) is 0.634. The van der Waals surface area contributed by atoms with Gasteiger partial charge in [-0.3, -0.25) is 4.79 Å². The smallest absolute Gasteiger partial charge is 0.240 e. The number of rotatable bonds is 7. The summed E-state index contributed by atoms with van der Waals surface area (Å²) in [6.07, 6.45) is 0.802. The van der Waals surface area contributed by atoms with Crippen LogP contribution in [0, 0.1) is 0 Å². The van der Waals surface area contributed by atoms with Gasteiger partial charge < -0.3 is 4.74 Å². The minimum Gasteiger partial charge on any atom is -0.497 e. The highest BCUT2D eigenvalue weighted by Gasteiger charge is 2.13. The lowest BCUT2D eigenvalue weighted by Gasteiger charge is -2.09. The number of ether oxygens (including phenoxy) is 1. The summed E-state index contributed by atoms with van der Waals surface area (Å²) in [5.41, 5.74) is 3.23. The topological polar surface area (TPSA) is 72.5 Å². The fourth-order valence-electron chi connectivity index (χ4n) is 2.67. The number of carbonyl (C=O) groups is 1. The Morgan fingerprint density at radius 1 is 0.926 bits per heavy atom. The Morgan fingerprint density at radius 2 is 1.59 bits per heavy atom. The molecule has 0 heterocycles. The summed E-state index contributed by atoms with van der Waals surface area (Å²) in [7, 11) is -2.10. The maximum atomic E-state index is 12.5. The Labute approximate surface area is 158 Å². The molecule has 3 aromatic carbocycles. The summed E-state index contributed by atoms with van der Waals surface area (Å²) in [4.78, 5) is 11.1. The molecule has 0 unspecified atom stereocenters. The van der Waals surface area contributed by atoms with Crippen LogP contribution in [-0.2, 0) is 16.6 Å². The standard InChI is InChI=1S/C21H19NO4S/c1-26-20-8-10-21(11-9-20)27(24,25)22-14-16-4-2-6-18(12-16)19-7-3-5-17(13-19)15-23/h2-13,15,22H,14H2,1H3. The molecular weight excluding hydrogens is 362 g/mol. The SMILES string of the molecule is COc1ccc(S(=O)(=O)NCc2cccc(-c3cccc(C=O)c3)c2)cc1. The Kier molecular flexibility index (Phi) is 5.69. The molecule has 1 N–H and O–H groups in total. The highest BCUT2D eigenvalue weighted by atomic mass is 32.2. The molecule has 0 fully saturated rings. The second-order valence-corrected chi connectivity index (χ2v) is 7.71. The van der Waals surface area contributed by atoms with Crippen molar-refractivity contribution in [3.8, 4) is 16.9 Å². The molecule has 0 atom stereocenters. The van der Waals surface area contributed by atoms with Crippen LogP contribution in [0.4, 0.5) is 0 Å². The van der Waals surface area contributed by atoms with Gasteiger partial charge in [-0.15, -0.1) is 0 Å². The summed E-state index contributed by atoms with van der Waals surface area (Å²) in [5.74, 6) is 0.596. The predicted molar refractivity (Wildman–Crippen MR) is 104 cm³/mol. The molecular formula is C21H19NO4S. The first-order valence-corrected chi connectivity index (χ1v) is 9.78. The van der Waals surface area contributed by atoms with Crippen molar-refractivity contribution in [2.45, 2.75) is 11.4 Å². The zero-order chi connectivity index (χ0) is 19.3. The number of benzene rings is 3. The molecule has 0 aliphatic heterocycles. The maximum absolute atomic E-state index is 12.5. The first kappa shape index (κ1) is 18.8. The number of methoxy groups -OCH3 is 1. The monoisotopic (exact) mass is 381 g/mol. The van der Waals surface area contributed by atoms with Gasteiger partial charge in [0.15, 0.2) is 0 Å². The van der Waals surface area contributed by atoms with Crippen molar-refractivity contribution in [2.75, 3.05) is 7.11 Å². The van der Waals surface area contributed by atoms with Gasteiger partial charge in [-0.1, -0.05) is 36.4 Å². The van der Waals surface area contributed by atoms with Crippen LogP contribution in [0.3, 0.4) is 0 Å². The van der Waals surface area contributed by atoms with Crippen molar-refractivity contribution in [3.63, 3.8) is 0 Å². The first-order valence-electron chi connectivity index (χ1n) is 8.30. The Bertz CT molecular complexity index is 1040. The van der Waals surface area contributed by atoms with Crippen LogP contribution in [0.1, 0.15) is 15.9 Å². The number of aldehydes is 1. The molecule has 0 saturated carbocycles. The van der Waals surface area contributed by atoms with Crippen LogP contribution in [0.25, 0.3) is 11.1 Å². The number of hydrogen-bond donors (Lipinski definition) is 1. The van der Waals surface area contributed by atoms with E-state index in [1.807, 2.05) is 36.4 Å². The highest BCUT2D eigenvalue weighted by Crippen LogP contribution is 2.22. The van der Waals surface area contributed by atoms with Gasteiger partial charge in [-0.2, -0.15) is 0 Å². The summed E-state index contributed by atoms with van der Waals surface area (Å²) in [6.45, 7) is 0.162. The van der Waals surface area contributed by atoms with Crippen LogP contribution in [0.5, 0.6) is 5.75 Å². The average Bonchev–Trinajstić information content (AvgIpc) is 2.72. The van der Waals surface area contributed by atoms with E-state index in [1.165, 1.54) is 19.2 Å². The van der Waals surface area contributed by atoms with Crippen molar-refractivity contribution >= 4 is 16.3 Å². The van der Waals surface area contributed by atoms with Crippen LogP contribution in [0.2, 0.25) is 0 Å². The van der Waals surface area contributed by atoms with E-state index in [0.717, 1.165) is 23.0 Å². The van der Waals surface area contributed by atoms with Gasteiger partial charge in [0.1, 0.15) is 12.0 Å². The van der Waals surface area contributed by atoms with Crippen LogP contribution in [0.15, 0.2) is 77.7 Å². The van der Waals surface area contributed by atoms with E-state index >= 15 is 0 Å². The first-order chi connectivity index (χ1) is 13.0. The molecule has 3 rings (SSSR count). The lowest BCUT2D eigenvalue weighted by atomic mass is 10.0. The van der Waals surface area contributed by atoms with E-state index in [2.05, 4.69) is 4.72 Å². The largest absolute Gasteiger partial charge is 0.497 e. The van der Waals surface area contributed by atoms with Gasteiger partial charge in [0.25, 0.3) is 0 Å². The molecule has 27 heavy (non-hydrogen) atoms. The van der Waals surface area contributed by atoms with Crippen molar-refractivity contribution in [3.05, 3.63) is 83.9 Å². The van der Waals surface area contributed by atoms with E-state index in [0.29, 0.717) is 11.3 Å². The highest BCUT2D eigenvalue weighted by molar-refractivity contribution is 7.89. The minimum atomic E-state index is -3.62. The lowest BCUT2D eigenvalue weighted by Crippen LogP contribution is -2.23. The van der Waals surface area contributed by atoms with E-state index in [1.54, 1.807) is 24.3 Å². The molecule has 0 bridgehead atoms. The number of sulfonamides is 1. The Hall–Kier alpha value is -2.96. The Balaban J connectivity index is 1.76. The predicted octanol–water partition coefficient (Wildman–Crippen LogP) is 3.65. The van der Waals surface area contributed by atoms with Gasteiger partial charge in [0.05, 0.1) is 12.0 Å². The third kappa shape index (κ3) is 4.61. The molecule has 3 aromatic rings. The molecule has 138 valence electrons. The van der Waals surface area contributed by atoms with Gasteiger partial charge in [-0.25, -0.2) is 13.1 Å². The third-order valence-electron chi connectivity index (χ3n) is 4.12. The second kappa shape index (κ2) is 8.16. The number of nitrogens with one attached hydrogen (secondary N) is 1. The van der Waals surface area contributed by atoms with Crippen LogP contribution in [-0.4, -0.2) is 21.8 Å². The fourth-order valence-corrected chi connectivity index (χ4v) is 3.69. The average molecular weight is 381 g/mol. The molecule has 0 aliphatic rings. The molecule has 0 spiro atoms. The van der Waals surface area contributed by atoms with E-state index < -0.39 is 10.0 Å². The van der Waals surface area contributed by atoms with Gasteiger partial charge in [0, 0.05) is 12.1 Å². The molecule has 0 saturated heterocycles. The van der Waals surface area contributed by atoms with Gasteiger partial charge in [-0.05, 0) is 53.1 Å². The van der Waals surface area contributed by atoms with Crippen molar-refractivity contribution in [1.82, 2.24) is 4.72 Å². The third-order valence-corrected chi connectivity index (χ3v) is 5.54. The van der Waals surface area contributed by atoms with E-state index in [-0.39, 0.29) is 11.4 Å². The van der Waals surface area contributed by atoms with Crippen molar-refractivity contribution < 1.29 is 17.9 Å². The Morgan fingerprint density at radius 3 is 2.26 bits per heavy atom. The van der Waals surface area contributed by atoms with Crippen molar-refractivity contribution in [2.24, 2.45) is 0 Å². The lowest BCUT2D eigenvalue weighted by molar-refractivity contribution is 0.112. The minimum absolute atomic E-state index is 0.162. The van der Waals surface area contributed by atoms with Crippen molar-refractivity contribution in [1.29, 1.82) is 0 Å². The summed E-state index contributed by atoms with van der Waals surface area (Å²) in [6, 6.07) is 21.0. The van der Waals surface area contributed by atoms with Gasteiger partial charge >= 0.3 is 0 Å². The maximum Gasteiger partial charge on any atom is 0.240 e. The number of hydrogen-bond acceptors (Lipinski definition) is 4. The zero-order valence-electron chi connectivity index (χ0n) is 14.8. The molecule has 5 nitrogen and oxygen atoms in total. The normalized spacial score (nSPS) is 11.1. The van der Waals surface area contributed by atoms with Gasteiger partial charge in [0.2, 0.25) is 10.0 Å². The molecule has 0 aromatic heterocycles. The molecule has 0 amide bonds. The second-order valence-electron chi connectivity index (χ2n) is 5.94. The van der Waals surface area contributed by atoms with Crippen LogP contribution >= 0.6 is 0 Å². The summed E-state index contributed by atoms with van der Waals surface area (Å²) >= 11 is 0. The summed E-state index contributed by atoms with van der Waals surface area (Å²) in [5, 5.41) is 0. The van der Waals surface area contributed by atoms with E-state index in [4.69, 9.17) is 4.74 Å². The summed E-state index contributed by atoms with van der Waals surface area (Å²) < 4.78 is 32.6. The van der Waals surface area contributed by atoms with E-state index in [9.17, 15) is 13.2 Å². The molecule has 0 aliphatic carbocycles. The number of carbonyl (C=O) groups excluding carboxylic acids is 1. The molecule has 6 heteroatoms. The molecule has 0 radical (unpaired) electrons. The zero-order valence-corrected chi connectivity index (χ0v) is 15.6.